The zero-order chi connectivity index (χ0) is 24.3. The lowest BCUT2D eigenvalue weighted by atomic mass is 9.85. The number of imide groups is 1. The molecule has 0 N–H and O–H groups in total. The number of carbonyl (C=O) groups excluding carboxylic acids is 2. The first-order valence-electron chi connectivity index (χ1n) is 11.6. The summed E-state index contributed by atoms with van der Waals surface area (Å²) in [6.07, 6.45) is 7.96. The normalized spacial score (nSPS) is 27.2. The molecule has 9 heteroatoms. The van der Waals surface area contributed by atoms with E-state index in [4.69, 9.17) is 9.47 Å². The van der Waals surface area contributed by atoms with Crippen LogP contribution in [0.4, 0.5) is 5.69 Å². The van der Waals surface area contributed by atoms with Crippen LogP contribution in [0.5, 0.6) is 11.5 Å². The quantitative estimate of drug-likeness (QED) is 0.199. The molecule has 2 aromatic carbocycles. The Morgan fingerprint density at radius 3 is 2.29 bits per heavy atom. The van der Waals surface area contributed by atoms with Crippen LogP contribution in [-0.4, -0.2) is 35.1 Å². The number of nitro groups is 1. The van der Waals surface area contributed by atoms with E-state index in [0.717, 1.165) is 23.4 Å². The predicted octanol–water partition coefficient (Wildman–Crippen LogP) is 3.71. The van der Waals surface area contributed by atoms with E-state index in [0.29, 0.717) is 17.1 Å². The minimum Gasteiger partial charge on any atom is -0.493 e. The van der Waals surface area contributed by atoms with Crippen LogP contribution in [0.1, 0.15) is 24.0 Å². The summed E-state index contributed by atoms with van der Waals surface area (Å²) >= 11 is 0. The second-order valence-corrected chi connectivity index (χ2v) is 9.58. The highest BCUT2D eigenvalue weighted by molar-refractivity contribution is 6.07. The predicted molar refractivity (Wildman–Crippen MR) is 125 cm³/mol. The van der Waals surface area contributed by atoms with Crippen molar-refractivity contribution < 1.29 is 24.0 Å². The third kappa shape index (κ3) is 3.25. The lowest BCUT2D eigenvalue weighted by Crippen LogP contribution is -2.30. The lowest BCUT2D eigenvalue weighted by Gasteiger charge is -2.18. The van der Waals surface area contributed by atoms with Crippen LogP contribution in [0.3, 0.4) is 0 Å². The summed E-state index contributed by atoms with van der Waals surface area (Å²) in [5.74, 6) is 0.336. The largest absolute Gasteiger partial charge is 0.493 e. The standard InChI is InChI=1S/C26H23N3O6/c1-34-21-12-16(4-9-20(21)35-14-15-2-5-17(6-3-15)29(32)33)13-27-28-24(30)22-18-7-8-19(23(22)25(28)31)26(18)10-11-26/h2-9,12-13,18-19,22-23H,10-11,14H2,1H3/b27-13-/t18-,19+,22-,23+. The zero-order valence-corrected chi connectivity index (χ0v) is 19.0. The summed E-state index contributed by atoms with van der Waals surface area (Å²) in [4.78, 5) is 36.5. The molecule has 0 aromatic heterocycles. The molecule has 2 amide bonds. The number of benzene rings is 2. The molecule has 1 spiro atoms. The van der Waals surface area contributed by atoms with Gasteiger partial charge in [0.25, 0.3) is 17.5 Å². The molecule has 3 aliphatic carbocycles. The molecule has 0 radical (unpaired) electrons. The number of rotatable bonds is 7. The average Bonchev–Trinajstić information content (AvgIpc) is 3.47. The average molecular weight is 473 g/mol. The zero-order valence-electron chi connectivity index (χ0n) is 19.0. The van der Waals surface area contributed by atoms with Gasteiger partial charge >= 0.3 is 0 Å². The van der Waals surface area contributed by atoms with Crippen molar-refractivity contribution in [2.75, 3.05) is 7.11 Å². The summed E-state index contributed by atoms with van der Waals surface area (Å²) < 4.78 is 11.3. The number of hydrazone groups is 1. The molecule has 4 atom stereocenters. The van der Waals surface area contributed by atoms with E-state index >= 15 is 0 Å². The molecule has 178 valence electrons. The van der Waals surface area contributed by atoms with Crippen LogP contribution in [0.25, 0.3) is 0 Å². The van der Waals surface area contributed by atoms with E-state index in [2.05, 4.69) is 17.3 Å². The van der Waals surface area contributed by atoms with Gasteiger partial charge in [0.15, 0.2) is 11.5 Å². The topological polar surface area (TPSA) is 111 Å². The van der Waals surface area contributed by atoms with E-state index in [9.17, 15) is 19.7 Å². The Morgan fingerprint density at radius 1 is 1.06 bits per heavy atom. The lowest BCUT2D eigenvalue weighted by molar-refractivity contribution is -0.384. The van der Waals surface area contributed by atoms with Crippen molar-refractivity contribution in [2.24, 2.45) is 34.2 Å². The highest BCUT2D eigenvalue weighted by atomic mass is 16.6. The Balaban J connectivity index is 1.14. The maximum absolute atomic E-state index is 13.1. The fourth-order valence-electron chi connectivity index (χ4n) is 6.06. The number of non-ortho nitro benzene ring substituents is 1. The highest BCUT2D eigenvalue weighted by Gasteiger charge is 2.73. The highest BCUT2D eigenvalue weighted by Crippen LogP contribution is 2.73. The molecule has 1 heterocycles. The maximum atomic E-state index is 13.1. The Hall–Kier alpha value is -4.01. The SMILES string of the molecule is COc1cc(/C=N\N2C(=O)[C@@H]3[C@H](C2=O)[C@H]2C=C[C@@H]3C23CC3)ccc1OCc1ccc([N+](=O)[O-])cc1. The molecule has 2 aromatic rings. The monoisotopic (exact) mass is 473 g/mol. The minimum atomic E-state index is -0.450. The molecule has 2 bridgehead atoms. The van der Waals surface area contributed by atoms with Gasteiger partial charge in [-0.25, -0.2) is 0 Å². The molecule has 3 fully saturated rings. The van der Waals surface area contributed by atoms with Crippen molar-refractivity contribution >= 4 is 23.7 Å². The Bertz CT molecular complexity index is 1260. The van der Waals surface area contributed by atoms with Crippen LogP contribution in [0.2, 0.25) is 0 Å². The van der Waals surface area contributed by atoms with Crippen molar-refractivity contribution in [1.29, 1.82) is 0 Å². The van der Waals surface area contributed by atoms with Gasteiger partial charge in [0.05, 0.1) is 30.1 Å². The van der Waals surface area contributed by atoms with E-state index in [1.165, 1.54) is 25.5 Å². The smallest absolute Gasteiger partial charge is 0.269 e. The van der Waals surface area contributed by atoms with Gasteiger partial charge in [0, 0.05) is 12.1 Å². The number of amides is 2. The molecule has 0 unspecified atom stereocenters. The van der Waals surface area contributed by atoms with Gasteiger partial charge in [-0.3, -0.25) is 19.7 Å². The van der Waals surface area contributed by atoms with Crippen molar-refractivity contribution in [3.63, 3.8) is 0 Å². The van der Waals surface area contributed by atoms with Gasteiger partial charge < -0.3 is 9.47 Å². The Labute approximate surface area is 201 Å². The molecular weight excluding hydrogens is 450 g/mol. The molecule has 2 saturated carbocycles. The second-order valence-electron chi connectivity index (χ2n) is 9.58. The van der Waals surface area contributed by atoms with Gasteiger partial charge in [-0.2, -0.15) is 10.1 Å². The van der Waals surface area contributed by atoms with Crippen LogP contribution in [0.15, 0.2) is 59.7 Å². The second kappa shape index (κ2) is 7.76. The van der Waals surface area contributed by atoms with Crippen molar-refractivity contribution in [2.45, 2.75) is 19.4 Å². The van der Waals surface area contributed by atoms with Crippen LogP contribution in [0, 0.1) is 39.2 Å². The van der Waals surface area contributed by atoms with Crippen molar-refractivity contribution in [3.8, 4) is 11.5 Å². The van der Waals surface area contributed by atoms with Crippen LogP contribution < -0.4 is 9.47 Å². The molecule has 35 heavy (non-hydrogen) atoms. The number of allylic oxidation sites excluding steroid dienone is 2. The van der Waals surface area contributed by atoms with Gasteiger partial charge in [-0.1, -0.05) is 12.2 Å². The summed E-state index contributed by atoms with van der Waals surface area (Å²) in [5.41, 5.74) is 1.61. The molecule has 4 aliphatic rings. The number of hydrogen-bond donors (Lipinski definition) is 0. The molecular formula is C26H23N3O6. The molecule has 9 nitrogen and oxygen atoms in total. The maximum Gasteiger partial charge on any atom is 0.269 e. The first kappa shape index (κ1) is 21.5. The number of hydrogen-bond acceptors (Lipinski definition) is 7. The molecule has 1 saturated heterocycles. The Morgan fingerprint density at radius 2 is 1.71 bits per heavy atom. The number of nitrogens with zero attached hydrogens (tertiary/aromatic N) is 3. The van der Waals surface area contributed by atoms with Crippen LogP contribution in [-0.2, 0) is 16.2 Å². The fourth-order valence-corrected chi connectivity index (χ4v) is 6.06. The van der Waals surface area contributed by atoms with E-state index in [1.54, 1.807) is 30.3 Å². The number of fused-ring (bicyclic) bond motifs is 3. The number of nitro benzene ring substituents is 1. The number of methoxy groups -OCH3 is 1. The summed E-state index contributed by atoms with van der Waals surface area (Å²) in [6.45, 7) is 0.208. The number of ether oxygens (including phenoxy) is 2. The minimum absolute atomic E-state index is 0.0181. The molecule has 6 rings (SSSR count). The Kier molecular flexibility index (Phi) is 4.77. The van der Waals surface area contributed by atoms with Gasteiger partial charge in [0.2, 0.25) is 0 Å². The summed E-state index contributed by atoms with van der Waals surface area (Å²) in [7, 11) is 1.51. The first-order chi connectivity index (χ1) is 16.9. The third-order valence-electron chi connectivity index (χ3n) is 7.88. The van der Waals surface area contributed by atoms with E-state index in [-0.39, 0.29) is 53.2 Å². The number of carbonyl (C=O) groups is 2. The van der Waals surface area contributed by atoms with Gasteiger partial charge in [-0.15, -0.1) is 0 Å². The van der Waals surface area contributed by atoms with Gasteiger partial charge in [0.1, 0.15) is 6.61 Å². The van der Waals surface area contributed by atoms with E-state index in [1.807, 2.05) is 0 Å². The van der Waals surface area contributed by atoms with E-state index < -0.39 is 4.92 Å². The van der Waals surface area contributed by atoms with Crippen molar-refractivity contribution in [1.82, 2.24) is 5.01 Å². The van der Waals surface area contributed by atoms with Gasteiger partial charge in [-0.05, 0) is 71.6 Å². The first-order valence-corrected chi connectivity index (χ1v) is 11.6. The summed E-state index contributed by atoms with van der Waals surface area (Å²) in [5, 5.41) is 16.1. The van der Waals surface area contributed by atoms with Crippen LogP contribution >= 0.6 is 0 Å². The fraction of sp³-hybridized carbons (Fsp3) is 0.346. The third-order valence-corrected chi connectivity index (χ3v) is 7.88. The summed E-state index contributed by atoms with van der Waals surface area (Å²) in [6, 6.07) is 11.3. The molecule has 1 aliphatic heterocycles. The van der Waals surface area contributed by atoms with Crippen molar-refractivity contribution in [3.05, 3.63) is 75.9 Å².